The first kappa shape index (κ1) is 25.1. The van der Waals surface area contributed by atoms with Crippen LogP contribution >= 0.6 is 11.6 Å². The monoisotopic (exact) mass is 505 g/mol. The molecule has 4 nitrogen and oxygen atoms in total. The summed E-state index contributed by atoms with van der Waals surface area (Å²) in [5, 5.41) is 14.1. The molecule has 0 aliphatic rings. The van der Waals surface area contributed by atoms with Crippen molar-refractivity contribution in [3.05, 3.63) is 119 Å². The number of aryl methyl sites for hydroxylation is 1. The fourth-order valence-electron chi connectivity index (χ4n) is 3.92. The Balaban J connectivity index is 1.28. The van der Waals surface area contributed by atoms with Gasteiger partial charge in [0.2, 0.25) is 9.84 Å². The summed E-state index contributed by atoms with van der Waals surface area (Å²) >= 11 is 5.97. The molecule has 0 aromatic heterocycles. The highest BCUT2D eigenvalue weighted by atomic mass is 35.5. The summed E-state index contributed by atoms with van der Waals surface area (Å²) in [6.45, 7) is 1.19. The number of rotatable bonds is 10. The summed E-state index contributed by atoms with van der Waals surface area (Å²) in [6, 6.07) is 31.2. The van der Waals surface area contributed by atoms with E-state index in [-0.39, 0.29) is 9.79 Å². The van der Waals surface area contributed by atoms with Gasteiger partial charge in [-0.1, -0.05) is 78.3 Å². The van der Waals surface area contributed by atoms with Gasteiger partial charge >= 0.3 is 0 Å². The van der Waals surface area contributed by atoms with Gasteiger partial charge in [0.15, 0.2) is 0 Å². The van der Waals surface area contributed by atoms with E-state index in [1.54, 1.807) is 36.4 Å². The summed E-state index contributed by atoms with van der Waals surface area (Å²) in [5.74, 6) is 0. The number of halogens is 1. The molecule has 0 fully saturated rings. The second-order valence-corrected chi connectivity index (χ2v) is 10.8. The summed E-state index contributed by atoms with van der Waals surface area (Å²) in [5.41, 5.74) is 3.89. The van der Waals surface area contributed by atoms with Crippen molar-refractivity contribution in [2.45, 2.75) is 28.7 Å². The van der Waals surface area contributed by atoms with Gasteiger partial charge < -0.3 is 10.4 Å². The highest BCUT2D eigenvalue weighted by Crippen LogP contribution is 2.25. The summed E-state index contributed by atoms with van der Waals surface area (Å²) in [7, 11) is -3.57. The van der Waals surface area contributed by atoms with E-state index >= 15 is 0 Å². The third-order valence-corrected chi connectivity index (χ3v) is 7.92. The number of benzene rings is 4. The molecule has 0 unspecified atom stereocenters. The number of hydrogen-bond donors (Lipinski definition) is 2. The zero-order valence-corrected chi connectivity index (χ0v) is 20.8. The molecule has 4 aromatic carbocycles. The lowest BCUT2D eigenvalue weighted by Gasteiger charge is -2.12. The number of aliphatic hydroxyl groups is 1. The third kappa shape index (κ3) is 6.59. The summed E-state index contributed by atoms with van der Waals surface area (Å²) < 4.78 is 26.1. The number of sulfone groups is 1. The van der Waals surface area contributed by atoms with Crippen molar-refractivity contribution >= 4 is 21.4 Å². The minimum absolute atomic E-state index is 0.285. The molecule has 2 N–H and O–H groups in total. The van der Waals surface area contributed by atoms with Crippen LogP contribution in [-0.4, -0.2) is 26.6 Å². The lowest BCUT2D eigenvalue weighted by molar-refractivity contribution is 0.175. The van der Waals surface area contributed by atoms with E-state index in [0.29, 0.717) is 11.6 Å². The number of nitrogens with one attached hydrogen (secondary N) is 1. The van der Waals surface area contributed by atoms with Crippen molar-refractivity contribution in [1.82, 2.24) is 5.32 Å². The molecular formula is C29H28ClNO3S. The maximum atomic E-state index is 13.1. The minimum Gasteiger partial charge on any atom is -0.387 e. The van der Waals surface area contributed by atoms with E-state index in [2.05, 4.69) is 5.32 Å². The molecule has 35 heavy (non-hydrogen) atoms. The van der Waals surface area contributed by atoms with Crippen LogP contribution in [0.2, 0.25) is 5.02 Å². The second-order valence-electron chi connectivity index (χ2n) is 8.42. The van der Waals surface area contributed by atoms with E-state index in [1.165, 1.54) is 0 Å². The Hall–Kier alpha value is -2.96. The zero-order valence-electron chi connectivity index (χ0n) is 19.3. The molecule has 1 atom stereocenters. The number of aliphatic hydroxyl groups excluding tert-OH is 1. The largest absolute Gasteiger partial charge is 0.387 e. The van der Waals surface area contributed by atoms with E-state index in [4.69, 9.17) is 11.6 Å². The lowest BCUT2D eigenvalue weighted by Crippen LogP contribution is -2.22. The van der Waals surface area contributed by atoms with Crippen molar-refractivity contribution < 1.29 is 13.5 Å². The van der Waals surface area contributed by atoms with Crippen molar-refractivity contribution in [3.8, 4) is 11.1 Å². The Kier molecular flexibility index (Phi) is 8.37. The zero-order chi connectivity index (χ0) is 24.7. The number of hydrogen-bond acceptors (Lipinski definition) is 4. The molecule has 0 radical (unpaired) electrons. The Bertz CT molecular complexity index is 1340. The van der Waals surface area contributed by atoms with Crippen LogP contribution in [0.1, 0.15) is 23.7 Å². The molecule has 0 saturated heterocycles. The first-order valence-corrected chi connectivity index (χ1v) is 13.4. The van der Waals surface area contributed by atoms with Gasteiger partial charge in [0, 0.05) is 11.6 Å². The van der Waals surface area contributed by atoms with Gasteiger partial charge in [-0.2, -0.15) is 0 Å². The smallest absolute Gasteiger partial charge is 0.206 e. The van der Waals surface area contributed by atoms with E-state index in [1.807, 2.05) is 66.7 Å². The van der Waals surface area contributed by atoms with Gasteiger partial charge in [0.1, 0.15) is 0 Å². The van der Waals surface area contributed by atoms with Crippen molar-refractivity contribution in [3.63, 3.8) is 0 Å². The van der Waals surface area contributed by atoms with Gasteiger partial charge in [0.25, 0.3) is 0 Å². The van der Waals surface area contributed by atoms with Crippen LogP contribution in [0.3, 0.4) is 0 Å². The van der Waals surface area contributed by atoms with Crippen molar-refractivity contribution in [2.24, 2.45) is 0 Å². The van der Waals surface area contributed by atoms with Crippen molar-refractivity contribution in [2.75, 3.05) is 13.1 Å². The molecule has 0 heterocycles. The standard InChI is InChI=1S/C29H28ClNO3S/c30-26-10-4-9-25(20-26)29(32)21-31-19-5-6-22-11-15-27(16-12-22)35(33,34)28-17-13-24(14-18-28)23-7-2-1-3-8-23/h1-4,7-18,20,29,31-32H,5-6,19,21H2/t29-/m0/s1. The molecule has 0 saturated carbocycles. The Morgan fingerprint density at radius 1 is 0.771 bits per heavy atom. The van der Waals surface area contributed by atoms with Gasteiger partial charge in [-0.3, -0.25) is 0 Å². The normalized spacial score (nSPS) is 12.4. The molecule has 4 rings (SSSR count). The van der Waals surface area contributed by atoms with Gasteiger partial charge in [0.05, 0.1) is 15.9 Å². The molecule has 6 heteroatoms. The topological polar surface area (TPSA) is 66.4 Å². The van der Waals surface area contributed by atoms with Crippen molar-refractivity contribution in [1.29, 1.82) is 0 Å². The van der Waals surface area contributed by atoms with Crippen LogP contribution in [0.15, 0.2) is 113 Å². The molecule has 0 spiro atoms. The molecule has 0 amide bonds. The minimum atomic E-state index is -3.57. The second kappa shape index (κ2) is 11.6. The molecule has 180 valence electrons. The Labute approximate surface area is 212 Å². The predicted molar refractivity (Wildman–Crippen MR) is 141 cm³/mol. The molecule has 0 aliphatic carbocycles. The van der Waals surface area contributed by atoms with Gasteiger partial charge in [-0.15, -0.1) is 0 Å². The fourth-order valence-corrected chi connectivity index (χ4v) is 5.38. The SMILES string of the molecule is O=S(=O)(c1ccc(CCCNC[C@H](O)c2cccc(Cl)c2)cc1)c1ccc(-c2ccccc2)cc1. The summed E-state index contributed by atoms with van der Waals surface area (Å²) in [6.07, 6.45) is 1.07. The first-order valence-electron chi connectivity index (χ1n) is 11.6. The van der Waals surface area contributed by atoms with Gasteiger partial charge in [-0.25, -0.2) is 8.42 Å². The van der Waals surface area contributed by atoms with E-state index < -0.39 is 15.9 Å². The van der Waals surface area contributed by atoms with Crippen LogP contribution in [0.25, 0.3) is 11.1 Å². The maximum Gasteiger partial charge on any atom is 0.206 e. The lowest BCUT2D eigenvalue weighted by atomic mass is 10.1. The van der Waals surface area contributed by atoms with Gasteiger partial charge in [-0.05, 0) is 78.0 Å². The first-order chi connectivity index (χ1) is 16.9. The highest BCUT2D eigenvalue weighted by Gasteiger charge is 2.17. The average molecular weight is 506 g/mol. The van der Waals surface area contributed by atoms with E-state index in [0.717, 1.165) is 41.6 Å². The van der Waals surface area contributed by atoms with Crippen LogP contribution in [0, 0.1) is 0 Å². The average Bonchev–Trinajstić information content (AvgIpc) is 2.89. The molecule has 0 aliphatic heterocycles. The van der Waals surface area contributed by atoms with Crippen LogP contribution in [0.4, 0.5) is 0 Å². The van der Waals surface area contributed by atoms with Crippen LogP contribution in [0.5, 0.6) is 0 Å². The van der Waals surface area contributed by atoms with Crippen LogP contribution in [-0.2, 0) is 16.3 Å². The Morgan fingerprint density at radius 3 is 2.06 bits per heavy atom. The molecule has 4 aromatic rings. The fraction of sp³-hybridized carbons (Fsp3) is 0.172. The third-order valence-electron chi connectivity index (χ3n) is 5.90. The van der Waals surface area contributed by atoms with Crippen LogP contribution < -0.4 is 5.32 Å². The molecule has 0 bridgehead atoms. The highest BCUT2D eigenvalue weighted by molar-refractivity contribution is 7.91. The quantitative estimate of drug-likeness (QED) is 0.256. The summed E-state index contributed by atoms with van der Waals surface area (Å²) in [4.78, 5) is 0.573. The molecular weight excluding hydrogens is 478 g/mol. The Morgan fingerprint density at radius 2 is 1.40 bits per heavy atom. The van der Waals surface area contributed by atoms with E-state index in [9.17, 15) is 13.5 Å². The maximum absolute atomic E-state index is 13.1. The predicted octanol–water partition coefficient (Wildman–Crippen LogP) is 6.10.